The van der Waals surface area contributed by atoms with Gasteiger partial charge < -0.3 is 0 Å². The Labute approximate surface area is 71.3 Å². The van der Waals surface area contributed by atoms with Gasteiger partial charge in [0, 0.05) is 11.5 Å². The van der Waals surface area contributed by atoms with Crippen molar-refractivity contribution in [3.05, 3.63) is 41.5 Å². The molecule has 0 N–H and O–H groups in total. The highest BCUT2D eigenvalue weighted by Gasteiger charge is 2.09. The molecule has 0 aromatic heterocycles. The van der Waals surface area contributed by atoms with E-state index in [0.717, 1.165) is 0 Å². The lowest BCUT2D eigenvalue weighted by Gasteiger charge is -1.98. The van der Waals surface area contributed by atoms with Crippen molar-refractivity contribution in [2.45, 2.75) is 11.5 Å². The van der Waals surface area contributed by atoms with E-state index < -0.39 is 0 Å². The zero-order chi connectivity index (χ0) is 7.68. The first kappa shape index (κ1) is 6.99. The number of rotatable bonds is 1. The molecule has 0 atom stereocenters. The molecule has 1 aliphatic rings. The fraction of sp³-hybridized carbons (Fsp3) is 0.200. The molecule has 1 aromatic rings. The van der Waals surface area contributed by atoms with Crippen molar-refractivity contribution in [1.29, 1.82) is 0 Å². The van der Waals surface area contributed by atoms with Crippen LogP contribution in [0.5, 0.6) is 0 Å². The van der Waals surface area contributed by atoms with Gasteiger partial charge in [-0.05, 0) is 16.7 Å². The molecule has 0 nitrogen and oxygen atoms in total. The van der Waals surface area contributed by atoms with Gasteiger partial charge in [-0.2, -0.15) is 11.8 Å². The van der Waals surface area contributed by atoms with E-state index in [1.54, 1.807) is 0 Å². The minimum atomic E-state index is 1.18. The highest BCUT2D eigenvalue weighted by molar-refractivity contribution is 7.98. The average molecular weight is 162 g/mol. The number of hydrogen-bond donors (Lipinski definition) is 0. The maximum atomic E-state index is 3.75. The molecular formula is C10H10S. The van der Waals surface area contributed by atoms with E-state index >= 15 is 0 Å². The third kappa shape index (κ3) is 1.21. The van der Waals surface area contributed by atoms with Gasteiger partial charge in [-0.1, -0.05) is 30.9 Å². The molecule has 1 heterocycles. The van der Waals surface area contributed by atoms with Crippen LogP contribution in [0.15, 0.2) is 24.8 Å². The Morgan fingerprint density at radius 2 is 2.09 bits per heavy atom. The van der Waals surface area contributed by atoms with Crippen LogP contribution in [0.1, 0.15) is 16.7 Å². The first-order chi connectivity index (χ1) is 5.40. The maximum Gasteiger partial charge on any atom is 0.0191 e. The van der Waals surface area contributed by atoms with Gasteiger partial charge in [0.25, 0.3) is 0 Å². The van der Waals surface area contributed by atoms with Gasteiger partial charge in [0.1, 0.15) is 0 Å². The molecule has 0 saturated heterocycles. The molecule has 56 valence electrons. The smallest absolute Gasteiger partial charge is 0.0191 e. The standard InChI is InChI=1S/C10H10S/c1-2-8-3-4-9-6-11-7-10(9)5-8/h2-5H,1,6-7H2. The molecule has 1 aromatic carbocycles. The molecule has 11 heavy (non-hydrogen) atoms. The Morgan fingerprint density at radius 3 is 2.91 bits per heavy atom. The van der Waals surface area contributed by atoms with Crippen LogP contribution in [0.2, 0.25) is 0 Å². The fourth-order valence-corrected chi connectivity index (χ4v) is 2.41. The molecule has 0 saturated carbocycles. The van der Waals surface area contributed by atoms with Crippen LogP contribution in [-0.4, -0.2) is 0 Å². The molecule has 0 fully saturated rings. The van der Waals surface area contributed by atoms with E-state index in [9.17, 15) is 0 Å². The lowest BCUT2D eigenvalue weighted by atomic mass is 10.1. The Morgan fingerprint density at radius 1 is 1.27 bits per heavy atom. The normalized spacial score (nSPS) is 14.5. The highest BCUT2D eigenvalue weighted by atomic mass is 32.2. The summed E-state index contributed by atoms with van der Waals surface area (Å²) in [6, 6.07) is 6.59. The fourth-order valence-electron chi connectivity index (χ4n) is 1.32. The topological polar surface area (TPSA) is 0 Å². The van der Waals surface area contributed by atoms with Crippen molar-refractivity contribution in [3.8, 4) is 0 Å². The molecule has 1 aliphatic heterocycles. The van der Waals surface area contributed by atoms with Crippen LogP contribution in [0, 0.1) is 0 Å². The second kappa shape index (κ2) is 2.74. The molecule has 2 rings (SSSR count). The number of thioether (sulfide) groups is 1. The third-order valence-corrected chi connectivity index (χ3v) is 3.01. The van der Waals surface area contributed by atoms with E-state index in [1.807, 2.05) is 17.8 Å². The summed E-state index contributed by atoms with van der Waals surface area (Å²) in [5.74, 6) is 2.36. The number of benzene rings is 1. The monoisotopic (exact) mass is 162 g/mol. The summed E-state index contributed by atoms with van der Waals surface area (Å²) < 4.78 is 0. The van der Waals surface area contributed by atoms with Gasteiger partial charge in [-0.15, -0.1) is 0 Å². The summed E-state index contributed by atoms with van der Waals surface area (Å²) in [4.78, 5) is 0. The van der Waals surface area contributed by atoms with Crippen molar-refractivity contribution in [2.75, 3.05) is 0 Å². The Bertz CT molecular complexity index is 289. The zero-order valence-electron chi connectivity index (χ0n) is 6.34. The predicted octanol–water partition coefficient (Wildman–Crippen LogP) is 3.08. The van der Waals surface area contributed by atoms with E-state index in [-0.39, 0.29) is 0 Å². The van der Waals surface area contributed by atoms with Crippen molar-refractivity contribution >= 4 is 17.8 Å². The molecule has 0 unspecified atom stereocenters. The van der Waals surface area contributed by atoms with Crippen LogP contribution in [0.4, 0.5) is 0 Å². The lowest BCUT2D eigenvalue weighted by molar-refractivity contribution is 1.34. The maximum absolute atomic E-state index is 3.75. The van der Waals surface area contributed by atoms with Gasteiger partial charge in [-0.25, -0.2) is 0 Å². The van der Waals surface area contributed by atoms with Crippen LogP contribution in [0.3, 0.4) is 0 Å². The highest BCUT2D eigenvalue weighted by Crippen LogP contribution is 2.30. The summed E-state index contributed by atoms with van der Waals surface area (Å²) >= 11 is 1.99. The predicted molar refractivity (Wildman–Crippen MR) is 51.5 cm³/mol. The molecule has 0 spiro atoms. The van der Waals surface area contributed by atoms with Crippen molar-refractivity contribution in [2.24, 2.45) is 0 Å². The van der Waals surface area contributed by atoms with Gasteiger partial charge in [0.2, 0.25) is 0 Å². The summed E-state index contributed by atoms with van der Waals surface area (Å²) in [5, 5.41) is 0. The minimum Gasteiger partial charge on any atom is -0.152 e. The second-order valence-corrected chi connectivity index (χ2v) is 3.71. The average Bonchev–Trinajstić information content (AvgIpc) is 2.50. The van der Waals surface area contributed by atoms with Gasteiger partial charge in [0.15, 0.2) is 0 Å². The van der Waals surface area contributed by atoms with E-state index in [4.69, 9.17) is 0 Å². The largest absolute Gasteiger partial charge is 0.152 e. The first-order valence-electron chi connectivity index (χ1n) is 3.72. The Balaban J connectivity index is 2.48. The Hall–Kier alpha value is -0.690. The second-order valence-electron chi connectivity index (χ2n) is 2.73. The van der Waals surface area contributed by atoms with Gasteiger partial charge in [-0.3, -0.25) is 0 Å². The molecular weight excluding hydrogens is 152 g/mol. The summed E-state index contributed by atoms with van der Waals surface area (Å²) in [6.07, 6.45) is 1.91. The summed E-state index contributed by atoms with van der Waals surface area (Å²) in [7, 11) is 0. The van der Waals surface area contributed by atoms with Crippen molar-refractivity contribution < 1.29 is 0 Å². The molecule has 1 heteroatoms. The molecule has 0 bridgehead atoms. The molecule has 0 aliphatic carbocycles. The van der Waals surface area contributed by atoms with Gasteiger partial charge in [0.05, 0.1) is 0 Å². The van der Waals surface area contributed by atoms with Gasteiger partial charge >= 0.3 is 0 Å². The first-order valence-corrected chi connectivity index (χ1v) is 4.87. The van der Waals surface area contributed by atoms with E-state index in [2.05, 4.69) is 24.8 Å². The summed E-state index contributed by atoms with van der Waals surface area (Å²) in [6.45, 7) is 3.75. The lowest BCUT2D eigenvalue weighted by Crippen LogP contribution is -1.81. The summed E-state index contributed by atoms with van der Waals surface area (Å²) in [5.41, 5.74) is 4.24. The van der Waals surface area contributed by atoms with Crippen LogP contribution in [-0.2, 0) is 11.5 Å². The SMILES string of the molecule is C=Cc1ccc2c(c1)CSC2. The van der Waals surface area contributed by atoms with Crippen molar-refractivity contribution in [3.63, 3.8) is 0 Å². The van der Waals surface area contributed by atoms with Crippen LogP contribution < -0.4 is 0 Å². The number of fused-ring (bicyclic) bond motifs is 1. The van der Waals surface area contributed by atoms with Crippen LogP contribution >= 0.6 is 11.8 Å². The number of hydrogen-bond acceptors (Lipinski definition) is 1. The van der Waals surface area contributed by atoms with Crippen molar-refractivity contribution in [1.82, 2.24) is 0 Å². The zero-order valence-corrected chi connectivity index (χ0v) is 7.16. The van der Waals surface area contributed by atoms with E-state index in [1.165, 1.54) is 28.2 Å². The third-order valence-electron chi connectivity index (χ3n) is 1.98. The van der Waals surface area contributed by atoms with E-state index in [0.29, 0.717) is 0 Å². The molecule has 0 radical (unpaired) electrons. The molecule has 0 amide bonds. The Kier molecular flexibility index (Phi) is 1.74. The van der Waals surface area contributed by atoms with Crippen LogP contribution in [0.25, 0.3) is 6.08 Å². The minimum absolute atomic E-state index is 1.18. The quantitative estimate of drug-likeness (QED) is 0.611.